The highest BCUT2D eigenvalue weighted by Gasteiger charge is 2.26. The van der Waals surface area contributed by atoms with Gasteiger partial charge >= 0.3 is 0 Å². The van der Waals surface area contributed by atoms with Crippen molar-refractivity contribution in [2.75, 3.05) is 18.9 Å². The highest BCUT2D eigenvalue weighted by molar-refractivity contribution is 5.52. The molecule has 0 saturated carbocycles. The second kappa shape index (κ2) is 3.85. The number of nitrogens with one attached hydrogen (secondary N) is 2. The van der Waals surface area contributed by atoms with Crippen molar-refractivity contribution >= 4 is 5.69 Å². The van der Waals surface area contributed by atoms with Crippen molar-refractivity contribution in [3.8, 4) is 0 Å². The van der Waals surface area contributed by atoms with Crippen LogP contribution in [0.4, 0.5) is 5.69 Å². The molecule has 1 saturated heterocycles. The number of H-pyrrole nitrogens is 1. The zero-order valence-electron chi connectivity index (χ0n) is 9.96. The van der Waals surface area contributed by atoms with Crippen LogP contribution in [0.25, 0.3) is 0 Å². The maximum atomic E-state index is 4.20. The van der Waals surface area contributed by atoms with Gasteiger partial charge in [0, 0.05) is 18.6 Å². The number of aromatic nitrogens is 2. The van der Waals surface area contributed by atoms with Crippen molar-refractivity contribution in [1.82, 2.24) is 15.1 Å². The Hall–Kier alpha value is -1.03. The van der Waals surface area contributed by atoms with E-state index in [1.807, 2.05) is 6.92 Å². The molecule has 2 unspecified atom stereocenters. The van der Waals surface area contributed by atoms with Crippen LogP contribution in [-0.2, 0) is 0 Å². The summed E-state index contributed by atoms with van der Waals surface area (Å²) in [5.74, 6) is 0. The van der Waals surface area contributed by atoms with Gasteiger partial charge in [-0.3, -0.25) is 5.10 Å². The van der Waals surface area contributed by atoms with Crippen LogP contribution in [0.2, 0.25) is 0 Å². The lowest BCUT2D eigenvalue weighted by atomic mass is 10.2. The van der Waals surface area contributed by atoms with E-state index in [0.29, 0.717) is 12.1 Å². The fourth-order valence-corrected chi connectivity index (χ4v) is 2.27. The van der Waals surface area contributed by atoms with Gasteiger partial charge in [0.25, 0.3) is 0 Å². The fourth-order valence-electron chi connectivity index (χ4n) is 2.27. The number of hydrogen-bond donors (Lipinski definition) is 2. The minimum atomic E-state index is 0.556. The normalized spacial score (nSPS) is 27.2. The van der Waals surface area contributed by atoms with E-state index in [1.54, 1.807) is 0 Å². The standard InChI is InChI=1S/C11H20N4/c1-7-5-10(6-15(7)4)12-11-8(2)13-14-9(11)3/h7,10,12H,5-6H2,1-4H3,(H,13,14). The molecule has 1 aromatic rings. The Labute approximate surface area is 91.1 Å². The number of aryl methyl sites for hydroxylation is 2. The topological polar surface area (TPSA) is 44.0 Å². The van der Waals surface area contributed by atoms with Gasteiger partial charge < -0.3 is 10.2 Å². The SMILES string of the molecule is Cc1n[nH]c(C)c1NC1CC(C)N(C)C1. The molecule has 1 aliphatic heterocycles. The third kappa shape index (κ3) is 2.00. The van der Waals surface area contributed by atoms with Crippen LogP contribution in [0.3, 0.4) is 0 Å². The van der Waals surface area contributed by atoms with Crippen LogP contribution in [0.1, 0.15) is 24.7 Å². The van der Waals surface area contributed by atoms with E-state index in [0.717, 1.165) is 17.9 Å². The van der Waals surface area contributed by atoms with Gasteiger partial charge in [0.2, 0.25) is 0 Å². The first kappa shape index (κ1) is 10.5. The summed E-state index contributed by atoms with van der Waals surface area (Å²) in [6.07, 6.45) is 1.21. The van der Waals surface area contributed by atoms with E-state index < -0.39 is 0 Å². The molecule has 0 spiro atoms. The van der Waals surface area contributed by atoms with Gasteiger partial charge in [0.15, 0.2) is 0 Å². The van der Waals surface area contributed by atoms with Gasteiger partial charge in [0.05, 0.1) is 17.1 Å². The first-order chi connectivity index (χ1) is 7.08. The Balaban J connectivity index is 2.04. The highest BCUT2D eigenvalue weighted by atomic mass is 15.2. The number of hydrogen-bond acceptors (Lipinski definition) is 3. The molecule has 0 amide bonds. The number of anilines is 1. The van der Waals surface area contributed by atoms with E-state index in [2.05, 4.69) is 41.3 Å². The number of rotatable bonds is 2. The summed E-state index contributed by atoms with van der Waals surface area (Å²) in [4.78, 5) is 2.39. The lowest BCUT2D eigenvalue weighted by Gasteiger charge is -2.14. The van der Waals surface area contributed by atoms with Gasteiger partial charge in [-0.05, 0) is 34.2 Å². The molecule has 2 atom stereocenters. The van der Waals surface area contributed by atoms with Crippen molar-refractivity contribution in [1.29, 1.82) is 0 Å². The van der Waals surface area contributed by atoms with Gasteiger partial charge in [-0.1, -0.05) is 0 Å². The first-order valence-electron chi connectivity index (χ1n) is 5.56. The molecule has 0 radical (unpaired) electrons. The molecule has 0 aliphatic carbocycles. The minimum Gasteiger partial charge on any atom is -0.378 e. The third-order valence-electron chi connectivity index (χ3n) is 3.36. The summed E-state index contributed by atoms with van der Waals surface area (Å²) in [5.41, 5.74) is 3.38. The smallest absolute Gasteiger partial charge is 0.0825 e. The van der Waals surface area contributed by atoms with E-state index in [-0.39, 0.29) is 0 Å². The summed E-state index contributed by atoms with van der Waals surface area (Å²) in [6.45, 7) is 7.49. The van der Waals surface area contributed by atoms with Gasteiger partial charge in [-0.25, -0.2) is 0 Å². The summed E-state index contributed by atoms with van der Waals surface area (Å²) in [6, 6.07) is 1.23. The Morgan fingerprint density at radius 3 is 2.67 bits per heavy atom. The van der Waals surface area contributed by atoms with Crippen LogP contribution in [0.5, 0.6) is 0 Å². The predicted molar refractivity (Wildman–Crippen MR) is 62.2 cm³/mol. The molecule has 0 bridgehead atoms. The maximum Gasteiger partial charge on any atom is 0.0825 e. The van der Waals surface area contributed by atoms with Crippen LogP contribution >= 0.6 is 0 Å². The minimum absolute atomic E-state index is 0.556. The fraction of sp³-hybridized carbons (Fsp3) is 0.727. The summed E-state index contributed by atoms with van der Waals surface area (Å²) in [5, 5.41) is 10.8. The molecule has 1 aliphatic rings. The Morgan fingerprint density at radius 2 is 2.20 bits per heavy atom. The highest BCUT2D eigenvalue weighted by Crippen LogP contribution is 2.22. The van der Waals surface area contributed by atoms with Crippen LogP contribution in [0, 0.1) is 13.8 Å². The van der Waals surface area contributed by atoms with Gasteiger partial charge in [-0.2, -0.15) is 5.10 Å². The number of aromatic amines is 1. The molecule has 4 nitrogen and oxygen atoms in total. The largest absolute Gasteiger partial charge is 0.378 e. The van der Waals surface area contributed by atoms with Crippen LogP contribution < -0.4 is 5.32 Å². The van der Waals surface area contributed by atoms with Gasteiger partial charge in [0.1, 0.15) is 0 Å². The van der Waals surface area contributed by atoms with E-state index >= 15 is 0 Å². The van der Waals surface area contributed by atoms with E-state index in [4.69, 9.17) is 0 Å². The van der Waals surface area contributed by atoms with Crippen LogP contribution in [0.15, 0.2) is 0 Å². The Bertz CT molecular complexity index is 315. The summed E-state index contributed by atoms with van der Waals surface area (Å²) in [7, 11) is 2.18. The maximum absolute atomic E-state index is 4.20. The third-order valence-corrected chi connectivity index (χ3v) is 3.36. The number of nitrogens with zero attached hydrogens (tertiary/aromatic N) is 2. The summed E-state index contributed by atoms with van der Waals surface area (Å²) < 4.78 is 0. The average Bonchev–Trinajstić information content (AvgIpc) is 2.64. The van der Waals surface area contributed by atoms with Crippen molar-refractivity contribution in [2.45, 2.75) is 39.3 Å². The number of likely N-dealkylation sites (N-methyl/N-ethyl adjacent to an activating group) is 1. The molecular weight excluding hydrogens is 188 g/mol. The lowest BCUT2D eigenvalue weighted by Crippen LogP contribution is -2.25. The molecule has 1 fully saturated rings. The summed E-state index contributed by atoms with van der Waals surface area (Å²) >= 11 is 0. The second-order valence-electron chi connectivity index (χ2n) is 4.67. The molecule has 4 heteroatoms. The van der Waals surface area contributed by atoms with Crippen molar-refractivity contribution in [3.05, 3.63) is 11.4 Å². The Kier molecular flexibility index (Phi) is 2.69. The monoisotopic (exact) mass is 208 g/mol. The average molecular weight is 208 g/mol. The van der Waals surface area contributed by atoms with E-state index in [1.165, 1.54) is 12.1 Å². The van der Waals surface area contributed by atoms with Crippen molar-refractivity contribution in [2.24, 2.45) is 0 Å². The van der Waals surface area contributed by atoms with Crippen molar-refractivity contribution in [3.63, 3.8) is 0 Å². The molecular formula is C11H20N4. The molecule has 2 N–H and O–H groups in total. The lowest BCUT2D eigenvalue weighted by molar-refractivity contribution is 0.330. The first-order valence-corrected chi connectivity index (χ1v) is 5.56. The molecule has 2 rings (SSSR count). The zero-order chi connectivity index (χ0) is 11.0. The number of likely N-dealkylation sites (tertiary alicyclic amines) is 1. The predicted octanol–water partition coefficient (Wildman–Crippen LogP) is 1.53. The quantitative estimate of drug-likeness (QED) is 0.774. The van der Waals surface area contributed by atoms with E-state index in [9.17, 15) is 0 Å². The van der Waals surface area contributed by atoms with Crippen molar-refractivity contribution < 1.29 is 0 Å². The molecule has 84 valence electrons. The zero-order valence-corrected chi connectivity index (χ0v) is 9.96. The Morgan fingerprint density at radius 1 is 1.47 bits per heavy atom. The van der Waals surface area contributed by atoms with Crippen LogP contribution in [-0.4, -0.2) is 40.8 Å². The molecule has 2 heterocycles. The molecule has 0 aromatic carbocycles. The second-order valence-corrected chi connectivity index (χ2v) is 4.67. The molecule has 15 heavy (non-hydrogen) atoms. The molecule has 1 aromatic heterocycles. The van der Waals surface area contributed by atoms with Gasteiger partial charge in [-0.15, -0.1) is 0 Å².